The molecule has 310 valence electrons. The first-order valence-electron chi connectivity index (χ1n) is 21.0. The van der Waals surface area contributed by atoms with Crippen LogP contribution in [0, 0.1) is 0 Å². The Morgan fingerprint density at radius 1 is 0.767 bits per heavy atom. The molecule has 0 aromatic heterocycles. The molecule has 2 aromatic rings. The molecule has 0 aliphatic heterocycles. The first kappa shape index (κ1) is 48.0. The molecule has 1 aliphatic carbocycles. The standard InChI is InChI=1S/C55H65N5/c1-12-17-20-23-28-42(6)44(8)58-54(59-51(27-16-5)46(26-15-4)32-19-14-3)48-35-39-50(40-36-48)55(9,10)49-37-33-47(34-38-49)53(57-41-45-30-24-21-25-31-45)60-52(56-11)43(7)29-22-18-13-2/h12-13,15,17-20,22-24,26-27,29-41H,2,4,6,14,16,21,25,28H2,1,3,5,7-11H3/b17-12-,22-18-,23-20-,32-19-,43-29+,46-26+,51-27+,56-52-,57-41+,58-44+,59-54-,60-53-. The summed E-state index contributed by atoms with van der Waals surface area (Å²) >= 11 is 0. The van der Waals surface area contributed by atoms with Crippen molar-refractivity contribution in [1.29, 1.82) is 0 Å². The third-order valence-electron chi connectivity index (χ3n) is 9.80. The lowest BCUT2D eigenvalue weighted by Gasteiger charge is -2.26. The molecule has 0 bridgehead atoms. The number of allylic oxidation sites excluding steroid dienone is 18. The summed E-state index contributed by atoms with van der Waals surface area (Å²) in [4.78, 5) is 24.7. The number of nitrogens with zero attached hydrogens (tertiary/aromatic N) is 5. The molecule has 0 saturated carbocycles. The van der Waals surface area contributed by atoms with Crippen LogP contribution in [0.2, 0.25) is 0 Å². The van der Waals surface area contributed by atoms with Gasteiger partial charge in [0.1, 0.15) is 0 Å². The number of hydrogen-bond donors (Lipinski definition) is 0. The monoisotopic (exact) mass is 796 g/mol. The molecule has 0 fully saturated rings. The van der Waals surface area contributed by atoms with Crippen LogP contribution in [0.25, 0.3) is 0 Å². The lowest BCUT2D eigenvalue weighted by Crippen LogP contribution is -2.19. The second-order valence-corrected chi connectivity index (χ2v) is 14.7. The maximum Gasteiger partial charge on any atom is 0.161 e. The van der Waals surface area contributed by atoms with E-state index in [1.54, 1.807) is 19.2 Å². The largest absolute Gasteiger partial charge is 0.270 e. The van der Waals surface area contributed by atoms with Gasteiger partial charge in [0, 0.05) is 35.5 Å². The smallest absolute Gasteiger partial charge is 0.161 e. The van der Waals surface area contributed by atoms with Crippen LogP contribution in [0.1, 0.15) is 103 Å². The van der Waals surface area contributed by atoms with Gasteiger partial charge in [0.05, 0.1) is 5.70 Å². The molecule has 0 radical (unpaired) electrons. The molecule has 0 N–H and O–H groups in total. The minimum atomic E-state index is -0.315. The van der Waals surface area contributed by atoms with E-state index in [1.807, 2.05) is 69.5 Å². The third-order valence-corrected chi connectivity index (χ3v) is 9.80. The molecule has 0 spiro atoms. The molecule has 1 aliphatic rings. The Balaban J connectivity index is 2.09. The van der Waals surface area contributed by atoms with E-state index in [1.165, 1.54) is 0 Å². The normalized spacial score (nSPS) is 15.7. The highest BCUT2D eigenvalue weighted by molar-refractivity contribution is 6.14. The van der Waals surface area contributed by atoms with E-state index in [4.69, 9.17) is 20.0 Å². The summed E-state index contributed by atoms with van der Waals surface area (Å²) in [6.45, 7) is 26.8. The van der Waals surface area contributed by atoms with Gasteiger partial charge in [-0.2, -0.15) is 0 Å². The number of hydrogen-bond acceptors (Lipinski definition) is 2. The SMILES string of the molecule is C=C\C=C/C=C(C)/C(=N/C)/N=C(\N=C\C1=CCCC=C1)c1ccc(C(C)(C)c2ccc(C(=N/C(=C/CC)C(/C=C\CC)=C/C=C)/N=C(\C)C(=C)C/C=C\C=C/C)cc2)cc1. The van der Waals surface area contributed by atoms with E-state index in [0.717, 1.165) is 81.6 Å². The lowest BCUT2D eigenvalue weighted by atomic mass is 9.77. The Morgan fingerprint density at radius 2 is 1.45 bits per heavy atom. The van der Waals surface area contributed by atoms with Gasteiger partial charge < -0.3 is 0 Å². The molecule has 60 heavy (non-hydrogen) atoms. The molecule has 0 amide bonds. The van der Waals surface area contributed by atoms with Crippen LogP contribution in [-0.4, -0.2) is 36.5 Å². The summed E-state index contributed by atoms with van der Waals surface area (Å²) in [7, 11) is 1.76. The molecule has 2 aromatic carbocycles. The van der Waals surface area contributed by atoms with Crippen molar-refractivity contribution in [3.8, 4) is 0 Å². The average Bonchev–Trinajstić information content (AvgIpc) is 3.26. The van der Waals surface area contributed by atoms with Crippen LogP contribution < -0.4 is 0 Å². The average molecular weight is 796 g/mol. The maximum atomic E-state index is 5.22. The predicted octanol–water partition coefficient (Wildman–Crippen LogP) is 14.5. The lowest BCUT2D eigenvalue weighted by molar-refractivity contribution is 0.641. The van der Waals surface area contributed by atoms with Gasteiger partial charge in [-0.25, -0.2) is 20.0 Å². The maximum absolute atomic E-state index is 5.22. The first-order chi connectivity index (χ1) is 29.0. The molecule has 3 rings (SSSR count). The summed E-state index contributed by atoms with van der Waals surface area (Å²) < 4.78 is 0. The van der Waals surface area contributed by atoms with E-state index >= 15 is 0 Å². The van der Waals surface area contributed by atoms with Crippen LogP contribution in [0.3, 0.4) is 0 Å². The van der Waals surface area contributed by atoms with Gasteiger partial charge in [-0.15, -0.1) is 0 Å². The Hall–Kier alpha value is -6.33. The third kappa shape index (κ3) is 15.1. The van der Waals surface area contributed by atoms with Gasteiger partial charge in [0.15, 0.2) is 17.5 Å². The van der Waals surface area contributed by atoms with Crippen LogP contribution >= 0.6 is 0 Å². The predicted molar refractivity (Wildman–Crippen MR) is 266 cm³/mol. The van der Waals surface area contributed by atoms with Gasteiger partial charge in [0.25, 0.3) is 0 Å². The van der Waals surface area contributed by atoms with Crippen molar-refractivity contribution in [3.63, 3.8) is 0 Å². The zero-order valence-corrected chi connectivity index (χ0v) is 37.3. The minimum Gasteiger partial charge on any atom is -0.270 e. The summed E-state index contributed by atoms with van der Waals surface area (Å²) in [6.07, 6.45) is 38.7. The van der Waals surface area contributed by atoms with Crippen LogP contribution in [0.5, 0.6) is 0 Å². The molecule has 0 atom stereocenters. The Labute approximate surface area is 361 Å². The summed E-state index contributed by atoms with van der Waals surface area (Å²) in [5.41, 5.74) is 9.44. The van der Waals surface area contributed by atoms with Crippen molar-refractivity contribution in [3.05, 3.63) is 216 Å². The second-order valence-electron chi connectivity index (χ2n) is 14.7. The van der Waals surface area contributed by atoms with Gasteiger partial charge in [-0.3, -0.25) is 4.99 Å². The van der Waals surface area contributed by atoms with E-state index < -0.39 is 0 Å². The highest BCUT2D eigenvalue weighted by Crippen LogP contribution is 2.32. The van der Waals surface area contributed by atoms with Crippen molar-refractivity contribution in [2.45, 2.75) is 86.0 Å². The van der Waals surface area contributed by atoms with Crippen molar-refractivity contribution < 1.29 is 0 Å². The van der Waals surface area contributed by atoms with E-state index in [-0.39, 0.29) is 5.41 Å². The van der Waals surface area contributed by atoms with Crippen LogP contribution in [-0.2, 0) is 5.41 Å². The topological polar surface area (TPSA) is 61.8 Å². The van der Waals surface area contributed by atoms with Crippen LogP contribution in [0.15, 0.2) is 218 Å². The van der Waals surface area contributed by atoms with Crippen LogP contribution in [0.4, 0.5) is 0 Å². The van der Waals surface area contributed by atoms with E-state index in [0.29, 0.717) is 23.9 Å². The molecule has 0 heterocycles. The van der Waals surface area contributed by atoms with Gasteiger partial charge in [0.2, 0.25) is 0 Å². The Kier molecular flexibility index (Phi) is 20.7. The number of rotatable bonds is 18. The zero-order valence-electron chi connectivity index (χ0n) is 37.3. The fraction of sp³-hybridized carbons (Fsp3) is 0.255. The van der Waals surface area contributed by atoms with Gasteiger partial charge in [-0.1, -0.05) is 193 Å². The summed E-state index contributed by atoms with van der Waals surface area (Å²) in [5, 5.41) is 0. The van der Waals surface area contributed by atoms with E-state index in [2.05, 4.69) is 143 Å². The summed E-state index contributed by atoms with van der Waals surface area (Å²) in [5.74, 6) is 1.84. The number of aliphatic imine (C=N–C) groups is 5. The number of benzene rings is 2. The van der Waals surface area contributed by atoms with Gasteiger partial charge in [-0.05, 0) is 86.3 Å². The fourth-order valence-corrected chi connectivity index (χ4v) is 6.11. The molecular formula is C55H65N5. The second kappa shape index (κ2) is 25.9. The highest BCUT2D eigenvalue weighted by Gasteiger charge is 2.24. The molecular weight excluding hydrogens is 731 g/mol. The first-order valence-corrected chi connectivity index (χ1v) is 21.0. The molecule has 5 nitrogen and oxygen atoms in total. The van der Waals surface area contributed by atoms with E-state index in [9.17, 15) is 0 Å². The summed E-state index contributed by atoms with van der Waals surface area (Å²) in [6, 6.07) is 17.1. The molecule has 0 saturated heterocycles. The molecule has 5 heteroatoms. The van der Waals surface area contributed by atoms with Crippen molar-refractivity contribution in [2.24, 2.45) is 25.0 Å². The Morgan fingerprint density at radius 3 is 2.02 bits per heavy atom. The van der Waals surface area contributed by atoms with Crippen molar-refractivity contribution >= 4 is 29.4 Å². The number of amidine groups is 3. The quantitative estimate of drug-likeness (QED) is 0.0820. The minimum absolute atomic E-state index is 0.315. The highest BCUT2D eigenvalue weighted by atomic mass is 15.0. The van der Waals surface area contributed by atoms with Crippen molar-refractivity contribution in [2.75, 3.05) is 7.05 Å². The van der Waals surface area contributed by atoms with Crippen molar-refractivity contribution in [1.82, 2.24) is 0 Å². The molecule has 0 unspecified atom stereocenters. The van der Waals surface area contributed by atoms with Gasteiger partial charge >= 0.3 is 0 Å². The zero-order chi connectivity index (χ0) is 43.8. The fourth-order valence-electron chi connectivity index (χ4n) is 6.11. The Bertz CT molecular complexity index is 2230.